The highest BCUT2D eigenvalue weighted by atomic mass is 16.5. The summed E-state index contributed by atoms with van der Waals surface area (Å²) >= 11 is 0. The number of carbonyl (C=O) groups is 1. The number of nitrogens with one attached hydrogen (secondary N) is 1. The fourth-order valence-electron chi connectivity index (χ4n) is 3.41. The first-order valence-corrected chi connectivity index (χ1v) is 9.81. The van der Waals surface area contributed by atoms with Gasteiger partial charge in [-0.05, 0) is 63.1 Å². The summed E-state index contributed by atoms with van der Waals surface area (Å²) in [6.07, 6.45) is 1.92. The fraction of sp³-hybridized carbons (Fsp3) is 0.318. The number of aromatic nitrogens is 2. The molecule has 1 aliphatic rings. The third-order valence-corrected chi connectivity index (χ3v) is 5.09. The maximum absolute atomic E-state index is 13.4. The molecule has 0 aliphatic heterocycles. The molecule has 0 spiro atoms. The van der Waals surface area contributed by atoms with Gasteiger partial charge in [0, 0.05) is 6.04 Å². The molecule has 1 aromatic heterocycles. The quantitative estimate of drug-likeness (QED) is 0.697. The van der Waals surface area contributed by atoms with Crippen LogP contribution in [0.25, 0.3) is 16.6 Å². The van der Waals surface area contributed by atoms with Gasteiger partial charge >= 0.3 is 5.69 Å². The number of carbonyl (C=O) groups excluding carboxylic acids is 1. The van der Waals surface area contributed by atoms with E-state index < -0.39 is 17.3 Å². The predicted molar refractivity (Wildman–Crippen MR) is 111 cm³/mol. The van der Waals surface area contributed by atoms with Gasteiger partial charge in [-0.25, -0.2) is 9.36 Å². The Balaban J connectivity index is 1.90. The van der Waals surface area contributed by atoms with Crippen molar-refractivity contribution >= 4 is 16.8 Å². The van der Waals surface area contributed by atoms with Gasteiger partial charge in [0.2, 0.25) is 5.91 Å². The number of rotatable bonds is 6. The SMILES string of the molecule is CCOc1ccc(-n2c(=O)c3ccccc3n([C@H](C)C(=O)NC3CC3)c2=O)cc1. The number of para-hydroxylation sites is 1. The number of fused-ring (bicyclic) bond motifs is 1. The second-order valence-corrected chi connectivity index (χ2v) is 7.20. The number of hydrogen-bond donors (Lipinski definition) is 1. The molecule has 1 atom stereocenters. The number of nitrogens with zero attached hydrogens (tertiary/aromatic N) is 2. The van der Waals surface area contributed by atoms with Crippen LogP contribution < -0.4 is 21.3 Å². The van der Waals surface area contributed by atoms with Gasteiger partial charge in [0.05, 0.1) is 23.2 Å². The van der Waals surface area contributed by atoms with Crippen LogP contribution in [0, 0.1) is 0 Å². The average molecular weight is 393 g/mol. The lowest BCUT2D eigenvalue weighted by molar-refractivity contribution is -0.124. The van der Waals surface area contributed by atoms with Crippen LogP contribution in [0.15, 0.2) is 58.1 Å². The monoisotopic (exact) mass is 393 g/mol. The number of benzene rings is 2. The molecule has 0 unspecified atom stereocenters. The van der Waals surface area contributed by atoms with E-state index in [4.69, 9.17) is 4.74 Å². The molecule has 3 aromatic rings. The Morgan fingerprint density at radius 3 is 2.48 bits per heavy atom. The van der Waals surface area contributed by atoms with Gasteiger partial charge in [0.1, 0.15) is 11.8 Å². The standard InChI is InChI=1S/C22H23N3O4/c1-3-29-17-12-10-16(11-13-17)25-21(27)18-6-4-5-7-19(18)24(22(25)28)14(2)20(26)23-15-8-9-15/h4-7,10-15H,3,8-9H2,1-2H3,(H,23,26)/t14-/m1/s1. The van der Waals surface area contributed by atoms with Gasteiger partial charge in [-0.3, -0.25) is 14.2 Å². The van der Waals surface area contributed by atoms with Crippen LogP contribution in [-0.2, 0) is 4.79 Å². The van der Waals surface area contributed by atoms with Crippen LogP contribution >= 0.6 is 0 Å². The zero-order valence-corrected chi connectivity index (χ0v) is 16.4. The third-order valence-electron chi connectivity index (χ3n) is 5.09. The minimum atomic E-state index is -0.748. The summed E-state index contributed by atoms with van der Waals surface area (Å²) in [5.74, 6) is 0.430. The molecule has 1 amide bonds. The summed E-state index contributed by atoms with van der Waals surface area (Å²) in [6.45, 7) is 4.09. The first kappa shape index (κ1) is 19.0. The van der Waals surface area contributed by atoms with E-state index in [9.17, 15) is 14.4 Å². The topological polar surface area (TPSA) is 82.3 Å². The summed E-state index contributed by atoms with van der Waals surface area (Å²) in [5, 5.41) is 3.32. The number of hydrogen-bond acceptors (Lipinski definition) is 4. The highest BCUT2D eigenvalue weighted by Gasteiger charge is 2.28. The second-order valence-electron chi connectivity index (χ2n) is 7.20. The predicted octanol–water partition coefficient (Wildman–Crippen LogP) is 2.39. The van der Waals surface area contributed by atoms with Crippen molar-refractivity contribution in [2.45, 2.75) is 38.8 Å². The Kier molecular flexibility index (Phi) is 4.96. The van der Waals surface area contributed by atoms with Gasteiger partial charge in [-0.1, -0.05) is 12.1 Å². The summed E-state index contributed by atoms with van der Waals surface area (Å²) < 4.78 is 7.94. The molecule has 0 radical (unpaired) electrons. The van der Waals surface area contributed by atoms with E-state index in [2.05, 4.69) is 5.32 Å². The summed E-state index contributed by atoms with van der Waals surface area (Å²) in [5.41, 5.74) is -0.0852. The molecule has 29 heavy (non-hydrogen) atoms. The highest BCUT2D eigenvalue weighted by Crippen LogP contribution is 2.21. The van der Waals surface area contributed by atoms with Crippen LogP contribution in [0.3, 0.4) is 0 Å². The van der Waals surface area contributed by atoms with Crippen LogP contribution in [0.2, 0.25) is 0 Å². The normalized spacial score (nSPS) is 14.6. The molecule has 4 rings (SSSR count). The maximum Gasteiger partial charge on any atom is 0.336 e. The molecule has 2 aromatic carbocycles. The van der Waals surface area contributed by atoms with E-state index >= 15 is 0 Å². The van der Waals surface area contributed by atoms with E-state index in [1.54, 1.807) is 55.5 Å². The molecule has 0 bridgehead atoms. The van der Waals surface area contributed by atoms with Crippen molar-refractivity contribution in [3.8, 4) is 11.4 Å². The highest BCUT2D eigenvalue weighted by molar-refractivity contribution is 5.84. The van der Waals surface area contributed by atoms with Crippen molar-refractivity contribution in [1.29, 1.82) is 0 Å². The molecule has 1 N–H and O–H groups in total. The lowest BCUT2D eigenvalue weighted by atomic mass is 10.2. The zero-order valence-electron chi connectivity index (χ0n) is 16.4. The summed E-state index contributed by atoms with van der Waals surface area (Å²) in [4.78, 5) is 39.2. The Morgan fingerprint density at radius 2 is 1.83 bits per heavy atom. The van der Waals surface area contributed by atoms with E-state index in [1.807, 2.05) is 6.92 Å². The fourth-order valence-corrected chi connectivity index (χ4v) is 3.41. The second kappa shape index (κ2) is 7.58. The molecule has 150 valence electrons. The minimum Gasteiger partial charge on any atom is -0.494 e. The van der Waals surface area contributed by atoms with Gasteiger partial charge < -0.3 is 10.1 Å². The van der Waals surface area contributed by atoms with Crippen molar-refractivity contribution < 1.29 is 9.53 Å². The van der Waals surface area contributed by atoms with Crippen LogP contribution in [0.4, 0.5) is 0 Å². The molecule has 1 fully saturated rings. The largest absolute Gasteiger partial charge is 0.494 e. The first-order valence-electron chi connectivity index (χ1n) is 9.81. The third kappa shape index (κ3) is 3.55. The summed E-state index contributed by atoms with van der Waals surface area (Å²) in [6, 6.07) is 13.1. The van der Waals surface area contributed by atoms with Crippen molar-refractivity contribution in [1.82, 2.24) is 14.5 Å². The molecule has 0 saturated heterocycles. The lowest BCUT2D eigenvalue weighted by Crippen LogP contribution is -2.44. The zero-order chi connectivity index (χ0) is 20.5. The van der Waals surface area contributed by atoms with Crippen molar-refractivity contribution in [3.63, 3.8) is 0 Å². The molecule has 7 heteroatoms. The van der Waals surface area contributed by atoms with Gasteiger partial charge in [-0.15, -0.1) is 0 Å². The summed E-state index contributed by atoms with van der Waals surface area (Å²) in [7, 11) is 0. The van der Waals surface area contributed by atoms with E-state index in [0.717, 1.165) is 17.4 Å². The molecular formula is C22H23N3O4. The van der Waals surface area contributed by atoms with E-state index in [-0.39, 0.29) is 11.9 Å². The van der Waals surface area contributed by atoms with Crippen molar-refractivity contribution in [3.05, 3.63) is 69.4 Å². The lowest BCUT2D eigenvalue weighted by Gasteiger charge is -2.19. The molecule has 1 aliphatic carbocycles. The van der Waals surface area contributed by atoms with E-state index in [0.29, 0.717) is 28.9 Å². The van der Waals surface area contributed by atoms with Gasteiger partial charge in [0.25, 0.3) is 5.56 Å². The van der Waals surface area contributed by atoms with Crippen molar-refractivity contribution in [2.24, 2.45) is 0 Å². The van der Waals surface area contributed by atoms with Crippen LogP contribution in [-0.4, -0.2) is 27.7 Å². The number of ether oxygens (including phenoxy) is 1. The maximum atomic E-state index is 13.4. The van der Waals surface area contributed by atoms with Crippen molar-refractivity contribution in [2.75, 3.05) is 6.61 Å². The Bertz CT molecular complexity index is 1170. The smallest absolute Gasteiger partial charge is 0.336 e. The molecule has 1 saturated carbocycles. The minimum absolute atomic E-state index is 0.184. The first-order chi connectivity index (χ1) is 14.0. The molecule has 1 heterocycles. The molecular weight excluding hydrogens is 370 g/mol. The number of amides is 1. The van der Waals surface area contributed by atoms with Gasteiger partial charge in [-0.2, -0.15) is 0 Å². The van der Waals surface area contributed by atoms with Gasteiger partial charge in [0.15, 0.2) is 0 Å². The Hall–Kier alpha value is -3.35. The molecule has 7 nitrogen and oxygen atoms in total. The Labute approximate surface area is 167 Å². The average Bonchev–Trinajstić information content (AvgIpc) is 3.53. The Morgan fingerprint density at radius 1 is 1.14 bits per heavy atom. The van der Waals surface area contributed by atoms with Crippen LogP contribution in [0.1, 0.15) is 32.7 Å². The van der Waals surface area contributed by atoms with Crippen LogP contribution in [0.5, 0.6) is 5.75 Å². The van der Waals surface area contributed by atoms with E-state index in [1.165, 1.54) is 4.57 Å².